The van der Waals surface area contributed by atoms with Crippen LogP contribution in [0.4, 0.5) is 10.6 Å². The number of alkyl carbamates (subject to hydrolysis) is 1. The lowest BCUT2D eigenvalue weighted by Gasteiger charge is -2.21. The molecule has 36 heavy (non-hydrogen) atoms. The highest BCUT2D eigenvalue weighted by molar-refractivity contribution is 5.81. The van der Waals surface area contributed by atoms with E-state index >= 15 is 0 Å². The predicted molar refractivity (Wildman–Crippen MR) is 130 cm³/mol. The number of aromatic nitrogens is 2. The second-order valence-corrected chi connectivity index (χ2v) is 8.60. The number of hydrogen-bond donors (Lipinski definition) is 1. The summed E-state index contributed by atoms with van der Waals surface area (Å²) in [6, 6.07) is 9.85. The lowest BCUT2D eigenvalue weighted by molar-refractivity contribution is -0.162. The fraction of sp³-hybridized carbons (Fsp3) is 0.458. The van der Waals surface area contributed by atoms with Gasteiger partial charge in [0.1, 0.15) is 19.3 Å². The molecule has 3 atom stereocenters. The zero-order valence-corrected chi connectivity index (χ0v) is 20.7. The minimum Gasteiger partial charge on any atom is -0.459 e. The Labute approximate surface area is 208 Å². The van der Waals surface area contributed by atoms with Crippen LogP contribution in [-0.4, -0.2) is 72.5 Å². The molecule has 0 bridgehead atoms. The zero-order valence-electron chi connectivity index (χ0n) is 20.7. The van der Waals surface area contributed by atoms with Crippen LogP contribution in [0.1, 0.15) is 25.6 Å². The van der Waals surface area contributed by atoms with Gasteiger partial charge in [0, 0.05) is 20.3 Å². The Hall–Kier alpha value is -3.77. The van der Waals surface area contributed by atoms with Crippen molar-refractivity contribution in [1.82, 2.24) is 19.8 Å². The van der Waals surface area contributed by atoms with Gasteiger partial charge in [0.25, 0.3) is 0 Å². The van der Waals surface area contributed by atoms with E-state index < -0.39 is 36.3 Å². The lowest BCUT2D eigenvalue weighted by atomic mass is 10.1. The van der Waals surface area contributed by atoms with E-state index in [4.69, 9.17) is 18.9 Å². The first-order valence-corrected chi connectivity index (χ1v) is 11.4. The highest BCUT2D eigenvalue weighted by Gasteiger charge is 2.32. The molecule has 2 heterocycles. The summed E-state index contributed by atoms with van der Waals surface area (Å²) in [6.45, 7) is 3.48. The third-order valence-corrected chi connectivity index (χ3v) is 5.05. The molecule has 1 aliphatic rings. The third-order valence-electron chi connectivity index (χ3n) is 5.05. The van der Waals surface area contributed by atoms with Gasteiger partial charge in [0.15, 0.2) is 18.3 Å². The molecule has 1 aromatic heterocycles. The van der Waals surface area contributed by atoms with Gasteiger partial charge in [-0.2, -0.15) is 4.98 Å². The Morgan fingerprint density at radius 1 is 1.25 bits per heavy atom. The molecule has 194 valence electrons. The monoisotopic (exact) mass is 501 g/mol. The molecule has 1 amide bonds. The molecule has 0 radical (unpaired) electrons. The van der Waals surface area contributed by atoms with Crippen molar-refractivity contribution in [2.24, 2.45) is 10.9 Å². The molecule has 2 aromatic rings. The molecule has 1 aliphatic heterocycles. The van der Waals surface area contributed by atoms with Crippen LogP contribution in [0.2, 0.25) is 0 Å². The van der Waals surface area contributed by atoms with Crippen molar-refractivity contribution in [3.05, 3.63) is 58.6 Å². The van der Waals surface area contributed by atoms with Crippen LogP contribution in [0.5, 0.6) is 0 Å². The van der Waals surface area contributed by atoms with E-state index in [1.807, 2.05) is 30.3 Å². The van der Waals surface area contributed by atoms with Gasteiger partial charge >= 0.3 is 17.8 Å². The van der Waals surface area contributed by atoms with Crippen LogP contribution in [-0.2, 0) is 30.3 Å². The molecule has 1 N–H and O–H groups in total. The van der Waals surface area contributed by atoms with E-state index in [-0.39, 0.29) is 31.6 Å². The largest absolute Gasteiger partial charge is 0.459 e. The number of amides is 1. The Kier molecular flexibility index (Phi) is 9.53. The summed E-state index contributed by atoms with van der Waals surface area (Å²) < 4.78 is 23.0. The quantitative estimate of drug-likeness (QED) is 0.294. The first-order valence-electron chi connectivity index (χ1n) is 11.4. The first kappa shape index (κ1) is 26.8. The predicted octanol–water partition coefficient (Wildman–Crippen LogP) is 1.83. The van der Waals surface area contributed by atoms with Gasteiger partial charge in [-0.05, 0) is 17.5 Å². The number of carbonyl (C=O) groups is 2. The van der Waals surface area contributed by atoms with Gasteiger partial charge < -0.3 is 29.2 Å². The van der Waals surface area contributed by atoms with Gasteiger partial charge in [-0.15, -0.1) is 0 Å². The van der Waals surface area contributed by atoms with Crippen LogP contribution >= 0.6 is 0 Å². The lowest BCUT2D eigenvalue weighted by Crippen LogP contribution is -2.46. The van der Waals surface area contributed by atoms with Gasteiger partial charge in [-0.25, -0.2) is 19.4 Å². The van der Waals surface area contributed by atoms with Crippen molar-refractivity contribution >= 4 is 24.2 Å². The molecular formula is C24H31N5O7. The van der Waals surface area contributed by atoms with Crippen LogP contribution in [0.3, 0.4) is 0 Å². The highest BCUT2D eigenvalue weighted by Crippen LogP contribution is 2.20. The smallest absolute Gasteiger partial charge is 0.408 e. The van der Waals surface area contributed by atoms with Crippen molar-refractivity contribution in [2.75, 3.05) is 27.3 Å². The number of nitrogens with zero attached hydrogens (tertiary/aromatic N) is 4. The van der Waals surface area contributed by atoms with Crippen molar-refractivity contribution in [2.45, 2.75) is 39.0 Å². The number of hydrogen-bond acceptors (Lipinski definition) is 9. The number of benzene rings is 1. The van der Waals surface area contributed by atoms with E-state index in [1.54, 1.807) is 38.9 Å². The van der Waals surface area contributed by atoms with E-state index in [1.165, 1.54) is 17.1 Å². The van der Waals surface area contributed by atoms with Crippen molar-refractivity contribution in [1.29, 1.82) is 0 Å². The number of esters is 1. The Balaban J connectivity index is 1.48. The summed E-state index contributed by atoms with van der Waals surface area (Å²) in [5, 5.41) is 2.54. The van der Waals surface area contributed by atoms with Gasteiger partial charge in [0.2, 0.25) is 0 Å². The average molecular weight is 502 g/mol. The molecule has 1 saturated heterocycles. The standard InChI is InChI=1S/C24H31N5O7/c1-16(2)21(27-24(32)35-12-17-8-6-5-7-9-17)22(30)34-14-20-33-13-19(36-20)29-11-10-18(26-23(29)31)25-15-28(3)4/h5-11,15-16,19-21H,12-14H2,1-4H3,(H,27,32)/t19-,20-,21?/m0/s1. The normalized spacial score (nSPS) is 18.2. The summed E-state index contributed by atoms with van der Waals surface area (Å²) in [4.78, 5) is 46.9. The maximum atomic E-state index is 12.6. The number of carbonyl (C=O) groups excluding carboxylic acids is 2. The highest BCUT2D eigenvalue weighted by atomic mass is 16.7. The Morgan fingerprint density at radius 2 is 2.00 bits per heavy atom. The van der Waals surface area contributed by atoms with E-state index in [0.29, 0.717) is 0 Å². The summed E-state index contributed by atoms with van der Waals surface area (Å²) >= 11 is 0. The van der Waals surface area contributed by atoms with Gasteiger partial charge in [0.05, 0.1) is 12.9 Å². The summed E-state index contributed by atoms with van der Waals surface area (Å²) in [5.74, 6) is -0.638. The number of rotatable bonds is 10. The van der Waals surface area contributed by atoms with Gasteiger partial charge in [-0.1, -0.05) is 44.2 Å². The minimum atomic E-state index is -0.924. The number of nitrogens with one attached hydrogen (secondary N) is 1. The molecule has 0 saturated carbocycles. The first-order chi connectivity index (χ1) is 17.2. The molecular weight excluding hydrogens is 470 g/mol. The van der Waals surface area contributed by atoms with E-state index in [0.717, 1.165) is 5.56 Å². The van der Waals surface area contributed by atoms with Crippen molar-refractivity contribution < 1.29 is 28.5 Å². The number of aliphatic imine (C=N–C) groups is 1. The van der Waals surface area contributed by atoms with Crippen molar-refractivity contribution in [3.8, 4) is 0 Å². The minimum absolute atomic E-state index is 0.0712. The Bertz CT molecular complexity index is 1100. The SMILES string of the molecule is CC(C)C(NC(=O)OCc1ccccc1)C(=O)OC[C@H]1OC[C@@H](n2ccc(N=CN(C)C)nc2=O)O1. The van der Waals surface area contributed by atoms with Crippen LogP contribution in [0.15, 0.2) is 52.4 Å². The second kappa shape index (κ2) is 12.8. The summed E-state index contributed by atoms with van der Waals surface area (Å²) in [6.07, 6.45) is 0.712. The molecule has 1 fully saturated rings. The van der Waals surface area contributed by atoms with E-state index in [9.17, 15) is 14.4 Å². The molecule has 0 spiro atoms. The topological polar surface area (TPSA) is 134 Å². The van der Waals surface area contributed by atoms with Gasteiger partial charge in [-0.3, -0.25) is 4.57 Å². The fourth-order valence-electron chi connectivity index (χ4n) is 3.18. The maximum absolute atomic E-state index is 12.6. The van der Waals surface area contributed by atoms with Crippen LogP contribution in [0.25, 0.3) is 0 Å². The van der Waals surface area contributed by atoms with E-state index in [2.05, 4.69) is 15.3 Å². The summed E-state index contributed by atoms with van der Waals surface area (Å²) in [5.41, 5.74) is 0.277. The summed E-state index contributed by atoms with van der Waals surface area (Å²) in [7, 11) is 3.61. The molecule has 1 unspecified atom stereocenters. The second-order valence-electron chi connectivity index (χ2n) is 8.60. The molecule has 1 aromatic carbocycles. The Morgan fingerprint density at radius 3 is 2.67 bits per heavy atom. The molecule has 12 heteroatoms. The van der Waals surface area contributed by atoms with Crippen molar-refractivity contribution in [3.63, 3.8) is 0 Å². The fourth-order valence-corrected chi connectivity index (χ4v) is 3.18. The molecule has 0 aliphatic carbocycles. The maximum Gasteiger partial charge on any atom is 0.408 e. The zero-order chi connectivity index (χ0) is 26.1. The molecule has 12 nitrogen and oxygen atoms in total. The van der Waals surface area contributed by atoms with Crippen LogP contribution < -0.4 is 11.0 Å². The number of ether oxygens (including phenoxy) is 4. The third kappa shape index (κ3) is 7.89. The average Bonchev–Trinajstić information content (AvgIpc) is 3.32. The molecule has 3 rings (SSSR count). The van der Waals surface area contributed by atoms with Crippen LogP contribution in [0, 0.1) is 5.92 Å².